The minimum Gasteiger partial charge on any atom is -0.494 e. The number of ether oxygens (including phenoxy) is 4. The largest absolute Gasteiger partial charge is 0.494 e. The molecule has 0 fully saturated rings. The summed E-state index contributed by atoms with van der Waals surface area (Å²) in [5, 5.41) is 8.84. The molecule has 0 saturated carbocycles. The molecule has 0 radical (unpaired) electrons. The van der Waals surface area contributed by atoms with E-state index in [0.717, 1.165) is 28.3 Å². The summed E-state index contributed by atoms with van der Waals surface area (Å²) >= 11 is 0. The number of aliphatic hydroxyl groups excluding tert-OH is 1. The Kier molecular flexibility index (Phi) is 8.91. The molecule has 0 atom stereocenters. The smallest absolute Gasteiger partial charge is 0.343 e. The van der Waals surface area contributed by atoms with Gasteiger partial charge in [0.15, 0.2) is 0 Å². The first kappa shape index (κ1) is 27.3. The molecule has 0 amide bonds. The van der Waals surface area contributed by atoms with Crippen molar-refractivity contribution in [2.45, 2.75) is 19.3 Å². The molecule has 0 bridgehead atoms. The number of fused-ring (bicyclic) bond motifs is 3. The van der Waals surface area contributed by atoms with E-state index < -0.39 is 24.5 Å². The lowest BCUT2D eigenvalue weighted by Crippen LogP contribution is -2.11. The van der Waals surface area contributed by atoms with Crippen molar-refractivity contribution in [2.75, 3.05) is 19.8 Å². The van der Waals surface area contributed by atoms with Gasteiger partial charge in [0.25, 0.3) is 0 Å². The molecule has 0 unspecified atom stereocenters. The molecule has 1 aliphatic rings. The standard InChI is InChI=1S/C31H28O8/c1-3-29(33)38-25-10-12-27-22(17-25)16-23-18-26(11-13-28(23)27)39-31(35)21-6-8-24(9-7-21)36-14-4-5-15-37-30(34)20(2)19-32/h3,6-13,17-18,32H,1-2,4-5,14-16,19H2. The van der Waals surface area contributed by atoms with Gasteiger partial charge in [-0.3, -0.25) is 0 Å². The number of hydrogen-bond donors (Lipinski definition) is 1. The van der Waals surface area contributed by atoms with Gasteiger partial charge >= 0.3 is 17.9 Å². The van der Waals surface area contributed by atoms with Crippen molar-refractivity contribution >= 4 is 17.9 Å². The van der Waals surface area contributed by atoms with E-state index in [-0.39, 0.29) is 12.2 Å². The summed E-state index contributed by atoms with van der Waals surface area (Å²) in [6.07, 6.45) is 3.01. The molecule has 0 saturated heterocycles. The summed E-state index contributed by atoms with van der Waals surface area (Å²) in [7, 11) is 0. The van der Waals surface area contributed by atoms with Gasteiger partial charge in [0.2, 0.25) is 0 Å². The Morgan fingerprint density at radius 3 is 2.03 bits per heavy atom. The fraction of sp³-hybridized carbons (Fsp3) is 0.194. The Morgan fingerprint density at radius 2 is 1.41 bits per heavy atom. The molecular weight excluding hydrogens is 500 g/mol. The molecule has 39 heavy (non-hydrogen) atoms. The van der Waals surface area contributed by atoms with Gasteiger partial charge in [0.1, 0.15) is 17.2 Å². The highest BCUT2D eigenvalue weighted by molar-refractivity contribution is 5.91. The summed E-state index contributed by atoms with van der Waals surface area (Å²) in [5.41, 5.74) is 4.53. The van der Waals surface area contributed by atoms with Crippen molar-refractivity contribution in [1.82, 2.24) is 0 Å². The molecule has 8 nitrogen and oxygen atoms in total. The molecule has 1 N–H and O–H groups in total. The Labute approximate surface area is 226 Å². The van der Waals surface area contributed by atoms with Crippen LogP contribution in [0.25, 0.3) is 11.1 Å². The van der Waals surface area contributed by atoms with E-state index >= 15 is 0 Å². The predicted octanol–water partition coefficient (Wildman–Crippen LogP) is 4.82. The van der Waals surface area contributed by atoms with Gasteiger partial charge < -0.3 is 24.1 Å². The van der Waals surface area contributed by atoms with Crippen LogP contribution in [0.4, 0.5) is 0 Å². The molecule has 3 aromatic carbocycles. The van der Waals surface area contributed by atoms with E-state index in [9.17, 15) is 14.4 Å². The SMILES string of the molecule is C=CC(=O)Oc1ccc2c(c1)Cc1cc(OC(=O)c3ccc(OCCCCOC(=O)C(=C)CO)cc3)ccc1-2. The van der Waals surface area contributed by atoms with E-state index in [1.165, 1.54) is 0 Å². The Hall–Kier alpha value is -4.69. The molecule has 0 heterocycles. The maximum absolute atomic E-state index is 12.7. The lowest BCUT2D eigenvalue weighted by Gasteiger charge is -2.09. The first-order chi connectivity index (χ1) is 18.9. The van der Waals surface area contributed by atoms with Gasteiger partial charge in [-0.1, -0.05) is 25.3 Å². The second kappa shape index (κ2) is 12.7. The van der Waals surface area contributed by atoms with Crippen molar-refractivity contribution in [3.05, 3.63) is 102 Å². The zero-order valence-electron chi connectivity index (χ0n) is 21.3. The average Bonchev–Trinajstić information content (AvgIpc) is 3.31. The van der Waals surface area contributed by atoms with Crippen molar-refractivity contribution < 1.29 is 38.4 Å². The molecule has 0 aromatic heterocycles. The molecule has 0 aliphatic heterocycles. The lowest BCUT2D eigenvalue weighted by molar-refractivity contribution is -0.139. The topological polar surface area (TPSA) is 108 Å². The quantitative estimate of drug-likeness (QED) is 0.121. The van der Waals surface area contributed by atoms with Crippen molar-refractivity contribution in [3.63, 3.8) is 0 Å². The fourth-order valence-electron chi connectivity index (χ4n) is 4.03. The van der Waals surface area contributed by atoms with Gasteiger partial charge in [-0.2, -0.15) is 0 Å². The van der Waals surface area contributed by atoms with Crippen molar-refractivity contribution in [1.29, 1.82) is 0 Å². The molecule has 4 rings (SSSR count). The number of rotatable bonds is 12. The number of aliphatic hydroxyl groups is 1. The summed E-state index contributed by atoms with van der Waals surface area (Å²) in [6.45, 7) is 7.02. The highest BCUT2D eigenvalue weighted by Crippen LogP contribution is 2.40. The highest BCUT2D eigenvalue weighted by Gasteiger charge is 2.21. The summed E-state index contributed by atoms with van der Waals surface area (Å²) in [5.74, 6) is -0.104. The first-order valence-corrected chi connectivity index (χ1v) is 12.4. The van der Waals surface area contributed by atoms with Gasteiger partial charge in [0, 0.05) is 6.08 Å². The second-order valence-electron chi connectivity index (χ2n) is 8.81. The van der Waals surface area contributed by atoms with E-state index in [0.29, 0.717) is 48.7 Å². The summed E-state index contributed by atoms with van der Waals surface area (Å²) < 4.78 is 21.5. The molecule has 3 aromatic rings. The number of hydrogen-bond acceptors (Lipinski definition) is 8. The minimum atomic E-state index is -0.604. The zero-order chi connectivity index (χ0) is 27.8. The average molecular weight is 529 g/mol. The maximum atomic E-state index is 12.7. The normalized spacial score (nSPS) is 11.1. The predicted molar refractivity (Wildman–Crippen MR) is 144 cm³/mol. The lowest BCUT2D eigenvalue weighted by atomic mass is 10.1. The van der Waals surface area contributed by atoms with Crippen LogP contribution in [0.3, 0.4) is 0 Å². The third kappa shape index (κ3) is 7.00. The van der Waals surface area contributed by atoms with Crippen LogP contribution in [0, 0.1) is 0 Å². The Bertz CT molecular complexity index is 1400. The maximum Gasteiger partial charge on any atom is 0.343 e. The molecule has 1 aliphatic carbocycles. The van der Waals surface area contributed by atoms with Crippen LogP contribution >= 0.6 is 0 Å². The second-order valence-corrected chi connectivity index (χ2v) is 8.81. The van der Waals surface area contributed by atoms with Gasteiger partial charge in [-0.15, -0.1) is 0 Å². The van der Waals surface area contributed by atoms with Crippen molar-refractivity contribution in [2.24, 2.45) is 0 Å². The van der Waals surface area contributed by atoms with Crippen LogP contribution in [-0.4, -0.2) is 42.8 Å². The van der Waals surface area contributed by atoms with Crippen LogP contribution < -0.4 is 14.2 Å². The van der Waals surface area contributed by atoms with Gasteiger partial charge in [-0.25, -0.2) is 14.4 Å². The molecule has 0 spiro atoms. The molecule has 8 heteroatoms. The van der Waals surface area contributed by atoms with E-state index in [1.807, 2.05) is 24.3 Å². The van der Waals surface area contributed by atoms with Crippen LogP contribution in [0.1, 0.15) is 34.3 Å². The van der Waals surface area contributed by atoms with Gasteiger partial charge in [-0.05, 0) is 90.0 Å². The van der Waals surface area contributed by atoms with E-state index in [2.05, 4.69) is 13.2 Å². The zero-order valence-corrected chi connectivity index (χ0v) is 21.3. The molecular formula is C31H28O8. The van der Waals surface area contributed by atoms with Crippen LogP contribution in [0.15, 0.2) is 85.5 Å². The summed E-state index contributed by atoms with van der Waals surface area (Å²) in [6, 6.07) is 17.7. The van der Waals surface area contributed by atoms with Crippen LogP contribution in [-0.2, 0) is 20.7 Å². The third-order valence-corrected chi connectivity index (χ3v) is 6.03. The molecule has 200 valence electrons. The first-order valence-electron chi connectivity index (χ1n) is 12.4. The Morgan fingerprint density at radius 1 is 0.821 bits per heavy atom. The van der Waals surface area contributed by atoms with Gasteiger partial charge in [0.05, 0.1) is 31.0 Å². The number of benzene rings is 3. The van der Waals surface area contributed by atoms with E-state index in [1.54, 1.807) is 36.4 Å². The number of carbonyl (C=O) groups is 3. The minimum absolute atomic E-state index is 0.0235. The third-order valence-electron chi connectivity index (χ3n) is 6.03. The van der Waals surface area contributed by atoms with Crippen LogP contribution in [0.2, 0.25) is 0 Å². The highest BCUT2D eigenvalue weighted by atomic mass is 16.5. The number of carbonyl (C=O) groups excluding carboxylic acids is 3. The van der Waals surface area contributed by atoms with E-state index in [4.69, 9.17) is 24.1 Å². The van der Waals surface area contributed by atoms with Crippen molar-refractivity contribution in [3.8, 4) is 28.4 Å². The number of esters is 3. The van der Waals surface area contributed by atoms with Crippen LogP contribution in [0.5, 0.6) is 17.2 Å². The monoisotopic (exact) mass is 528 g/mol. The summed E-state index contributed by atoms with van der Waals surface area (Å²) in [4.78, 5) is 35.6. The fourth-order valence-corrected chi connectivity index (χ4v) is 4.03. The Balaban J connectivity index is 1.26. The number of unbranched alkanes of at least 4 members (excludes halogenated alkanes) is 1.